The highest BCUT2D eigenvalue weighted by Gasteiger charge is 2.44. The number of aliphatic hydroxyl groups excluding tert-OH is 1. The lowest BCUT2D eigenvalue weighted by atomic mass is 10.2. The Bertz CT molecular complexity index is 1160. The molecule has 4 rings (SSSR count). The third-order valence-corrected chi connectivity index (χ3v) is 12.1. The largest absolute Gasteiger partial charge is 0.414 e. The van der Waals surface area contributed by atoms with E-state index in [2.05, 4.69) is 29.7 Å². The van der Waals surface area contributed by atoms with E-state index in [0.29, 0.717) is 19.4 Å². The summed E-state index contributed by atoms with van der Waals surface area (Å²) in [5.41, 5.74) is 16.3. The van der Waals surface area contributed by atoms with Gasteiger partial charge in [-0.15, -0.1) is 0 Å². The minimum absolute atomic E-state index is 0.182. The summed E-state index contributed by atoms with van der Waals surface area (Å²) in [6.45, 7) is 6.81. The smallest absolute Gasteiger partial charge is 0.207 e. The molecule has 2 fully saturated rings. The third kappa shape index (κ3) is 9.76. The van der Waals surface area contributed by atoms with Crippen molar-refractivity contribution in [3.63, 3.8) is 0 Å². The molecule has 2 aromatic carbocycles. The predicted octanol–water partition coefficient (Wildman–Crippen LogP) is 5.58. The number of azide groups is 1. The minimum Gasteiger partial charge on any atom is -0.414 e. The van der Waals surface area contributed by atoms with E-state index >= 15 is 0 Å². The molecule has 0 saturated carbocycles. The molecule has 13 heteroatoms. The fraction of sp³-hybridized carbons (Fsp3) is 0.520. The molecule has 3 N–H and O–H groups in total. The van der Waals surface area contributed by atoms with Gasteiger partial charge in [-0.1, -0.05) is 65.8 Å². The molecular formula is C25H38N4O6P2Si. The Hall–Kier alpha value is -1.77. The number of nitrogens with zero attached hydrogens (tertiary/aromatic N) is 3. The van der Waals surface area contributed by atoms with Crippen LogP contribution in [-0.4, -0.2) is 62.4 Å². The Labute approximate surface area is 225 Å². The van der Waals surface area contributed by atoms with Crippen LogP contribution in [0.1, 0.15) is 11.1 Å². The Kier molecular flexibility index (Phi) is 11.0. The van der Waals surface area contributed by atoms with Gasteiger partial charge in [-0.05, 0) is 36.3 Å². The van der Waals surface area contributed by atoms with Crippen LogP contribution in [0.15, 0.2) is 65.8 Å². The average molecular weight is 581 g/mol. The summed E-state index contributed by atoms with van der Waals surface area (Å²) in [6.07, 6.45) is 0.0558. The maximum atomic E-state index is 12.9. The topological polar surface area (TPSA) is 157 Å². The predicted molar refractivity (Wildman–Crippen MR) is 152 cm³/mol. The SMILES string of the molecule is C[Si](C)(C)OC1CP(=O)(OCc2ccccc2)CC1N=[N+]=[N-].NC1CP(=O)(OCc2ccccc2)CC1O. The average Bonchev–Trinajstić information content (AvgIpc) is 3.31. The molecular weight excluding hydrogens is 542 g/mol. The number of benzene rings is 2. The van der Waals surface area contributed by atoms with Crippen LogP contribution >= 0.6 is 14.7 Å². The second kappa shape index (κ2) is 13.5. The zero-order valence-electron chi connectivity index (χ0n) is 22.1. The Balaban J connectivity index is 0.000000221. The van der Waals surface area contributed by atoms with Crippen molar-refractivity contribution in [2.45, 2.75) is 57.1 Å². The van der Waals surface area contributed by atoms with E-state index in [0.717, 1.165) is 11.1 Å². The Morgan fingerprint density at radius 2 is 1.42 bits per heavy atom. The summed E-state index contributed by atoms with van der Waals surface area (Å²) in [7, 11) is -7.36. The van der Waals surface area contributed by atoms with Gasteiger partial charge in [0, 0.05) is 23.3 Å². The van der Waals surface area contributed by atoms with Gasteiger partial charge in [-0.25, -0.2) is 0 Å². The molecule has 0 spiro atoms. The minimum atomic E-state index is -2.83. The zero-order valence-corrected chi connectivity index (χ0v) is 24.9. The van der Waals surface area contributed by atoms with E-state index < -0.39 is 41.2 Å². The molecule has 208 valence electrons. The summed E-state index contributed by atoms with van der Waals surface area (Å²) in [6, 6.07) is 18.4. The van der Waals surface area contributed by atoms with Gasteiger partial charge in [-0.3, -0.25) is 9.13 Å². The highest BCUT2D eigenvalue weighted by atomic mass is 31.2. The van der Waals surface area contributed by atoms with E-state index in [-0.39, 0.29) is 24.6 Å². The summed E-state index contributed by atoms with van der Waals surface area (Å²) in [5.74, 6) is 0. The van der Waals surface area contributed by atoms with E-state index in [1.54, 1.807) is 0 Å². The molecule has 0 radical (unpaired) electrons. The second-order valence-corrected chi connectivity index (χ2v) is 20.3. The van der Waals surface area contributed by atoms with Gasteiger partial charge in [0.05, 0.1) is 43.8 Å². The van der Waals surface area contributed by atoms with Gasteiger partial charge in [0.15, 0.2) is 8.32 Å². The molecule has 2 saturated heterocycles. The molecule has 6 unspecified atom stereocenters. The maximum absolute atomic E-state index is 12.9. The van der Waals surface area contributed by atoms with Crippen LogP contribution in [0.5, 0.6) is 0 Å². The summed E-state index contributed by atoms with van der Waals surface area (Å²) < 4.78 is 42.2. The molecule has 10 nitrogen and oxygen atoms in total. The van der Waals surface area contributed by atoms with Crippen molar-refractivity contribution in [2.24, 2.45) is 10.8 Å². The first-order valence-corrected chi connectivity index (χ1v) is 20.0. The Morgan fingerprint density at radius 3 is 1.84 bits per heavy atom. The highest BCUT2D eigenvalue weighted by molar-refractivity contribution is 7.59. The van der Waals surface area contributed by atoms with Crippen molar-refractivity contribution in [3.8, 4) is 0 Å². The van der Waals surface area contributed by atoms with Crippen LogP contribution in [0.3, 0.4) is 0 Å². The van der Waals surface area contributed by atoms with Gasteiger partial charge in [0.25, 0.3) is 0 Å². The van der Waals surface area contributed by atoms with Gasteiger partial charge >= 0.3 is 0 Å². The third-order valence-electron chi connectivity index (χ3n) is 6.12. The lowest BCUT2D eigenvalue weighted by Crippen LogP contribution is -2.37. The molecule has 0 amide bonds. The van der Waals surface area contributed by atoms with Crippen LogP contribution in [-0.2, 0) is 35.8 Å². The van der Waals surface area contributed by atoms with E-state index in [1.165, 1.54) is 0 Å². The van der Waals surface area contributed by atoms with Crippen LogP contribution in [0.2, 0.25) is 19.6 Å². The molecule has 2 heterocycles. The number of aliphatic hydroxyl groups is 1. The molecule has 2 aliphatic rings. The summed E-state index contributed by atoms with van der Waals surface area (Å²) >= 11 is 0. The normalized spacial score (nSPS) is 30.8. The standard InChI is InChI=1S/C14H22N3O3PSi.C11H16NO3P/c1-22(2,3)20-14-11-21(18,10-13(14)16-17-15)19-9-12-7-5-4-6-8-12;12-10-7-16(14,8-11(10)13)15-6-9-4-2-1-3-5-9/h4-8,13-14H,9-11H2,1-3H3;1-5,10-11,13H,6-8,12H2. The zero-order chi connectivity index (χ0) is 27.8. The quantitative estimate of drug-likeness (QED) is 0.129. The monoisotopic (exact) mass is 580 g/mol. The fourth-order valence-electron chi connectivity index (χ4n) is 4.30. The Morgan fingerprint density at radius 1 is 0.921 bits per heavy atom. The van der Waals surface area contributed by atoms with Crippen molar-refractivity contribution in [2.75, 3.05) is 24.6 Å². The van der Waals surface area contributed by atoms with Crippen LogP contribution in [0, 0.1) is 0 Å². The van der Waals surface area contributed by atoms with E-state index in [4.69, 9.17) is 24.7 Å². The van der Waals surface area contributed by atoms with E-state index in [1.807, 2.05) is 60.7 Å². The summed E-state index contributed by atoms with van der Waals surface area (Å²) in [4.78, 5) is 2.87. The lowest BCUT2D eigenvalue weighted by Gasteiger charge is -2.25. The molecule has 2 aliphatic heterocycles. The summed E-state index contributed by atoms with van der Waals surface area (Å²) in [5, 5.41) is 13.2. The van der Waals surface area contributed by atoms with E-state index in [9.17, 15) is 14.2 Å². The van der Waals surface area contributed by atoms with Crippen LogP contribution < -0.4 is 5.73 Å². The highest BCUT2D eigenvalue weighted by Crippen LogP contribution is 2.55. The first kappa shape index (κ1) is 30.8. The molecule has 2 aromatic rings. The molecule has 6 atom stereocenters. The molecule has 38 heavy (non-hydrogen) atoms. The number of rotatable bonds is 9. The van der Waals surface area contributed by atoms with Gasteiger partial charge in [0.1, 0.15) is 0 Å². The first-order valence-electron chi connectivity index (χ1n) is 12.6. The number of hydrogen-bond acceptors (Lipinski definition) is 8. The van der Waals surface area contributed by atoms with Crippen molar-refractivity contribution in [3.05, 3.63) is 82.2 Å². The van der Waals surface area contributed by atoms with Crippen molar-refractivity contribution < 1.29 is 27.7 Å². The fourth-order valence-corrected chi connectivity index (χ4v) is 10.5. The van der Waals surface area contributed by atoms with Crippen molar-refractivity contribution >= 4 is 23.1 Å². The molecule has 0 aliphatic carbocycles. The molecule has 0 bridgehead atoms. The first-order chi connectivity index (χ1) is 17.9. The molecule has 0 aromatic heterocycles. The van der Waals surface area contributed by atoms with Crippen LogP contribution in [0.4, 0.5) is 0 Å². The van der Waals surface area contributed by atoms with Crippen molar-refractivity contribution in [1.82, 2.24) is 0 Å². The van der Waals surface area contributed by atoms with Crippen molar-refractivity contribution in [1.29, 1.82) is 0 Å². The number of hydrogen-bond donors (Lipinski definition) is 2. The van der Waals surface area contributed by atoms with Gasteiger partial charge in [0.2, 0.25) is 14.7 Å². The second-order valence-electron chi connectivity index (χ2n) is 10.6. The van der Waals surface area contributed by atoms with Crippen LogP contribution in [0.25, 0.3) is 10.4 Å². The number of nitrogens with two attached hydrogens (primary N) is 1. The maximum Gasteiger partial charge on any atom is 0.207 e. The van der Waals surface area contributed by atoms with Gasteiger partial charge < -0.3 is 24.3 Å². The lowest BCUT2D eigenvalue weighted by molar-refractivity contribution is 0.182. The van der Waals surface area contributed by atoms with Gasteiger partial charge in [-0.2, -0.15) is 0 Å².